The van der Waals surface area contributed by atoms with Crippen molar-refractivity contribution in [1.82, 2.24) is 14.8 Å². The number of halogens is 5. The first-order chi connectivity index (χ1) is 25.1. The van der Waals surface area contributed by atoms with Gasteiger partial charge in [0, 0.05) is 46.6 Å². The SMILES string of the molecule is Cc1cc(C[n+]2cnn(CC(OC(=O)C(F)(F)F)(c3ccc(F)cc3F)C(C)Cc3nc(-c4ccc(C#N)cc4)cs3)c2)cc(C)c1OC(=O)CCN. The number of nitrogens with two attached hydrogens (primary N) is 1. The molecule has 0 bridgehead atoms. The number of aryl methyl sites for hydroxylation is 2. The minimum atomic E-state index is -5.45. The van der Waals surface area contributed by atoms with Crippen LogP contribution in [0.4, 0.5) is 22.0 Å². The van der Waals surface area contributed by atoms with Crippen LogP contribution in [0.5, 0.6) is 5.75 Å². The molecule has 0 saturated heterocycles. The van der Waals surface area contributed by atoms with Gasteiger partial charge in [-0.05, 0) is 66.9 Å². The molecule has 53 heavy (non-hydrogen) atoms. The molecule has 0 aliphatic carbocycles. The number of nitrogens with zero attached hydrogens (tertiary/aromatic N) is 5. The van der Waals surface area contributed by atoms with Crippen molar-refractivity contribution in [2.24, 2.45) is 11.7 Å². The van der Waals surface area contributed by atoms with E-state index < -0.39 is 53.4 Å². The lowest BCUT2D eigenvalue weighted by Gasteiger charge is -2.37. The van der Waals surface area contributed by atoms with E-state index in [0.29, 0.717) is 44.8 Å². The average molecular weight is 754 g/mol. The summed E-state index contributed by atoms with van der Waals surface area (Å²) in [6, 6.07) is 14.6. The lowest BCUT2D eigenvalue weighted by atomic mass is 9.79. The Balaban J connectivity index is 1.50. The molecule has 0 spiro atoms. The van der Waals surface area contributed by atoms with Crippen molar-refractivity contribution < 1.29 is 45.6 Å². The van der Waals surface area contributed by atoms with Crippen LogP contribution in [0, 0.1) is 42.7 Å². The molecule has 3 aromatic carbocycles. The summed E-state index contributed by atoms with van der Waals surface area (Å²) in [6.07, 6.45) is -2.62. The number of ether oxygens (including phenoxy) is 2. The zero-order valence-corrected chi connectivity index (χ0v) is 29.6. The van der Waals surface area contributed by atoms with Crippen molar-refractivity contribution in [3.8, 4) is 23.1 Å². The maximum atomic E-state index is 15.7. The highest BCUT2D eigenvalue weighted by molar-refractivity contribution is 7.09. The van der Waals surface area contributed by atoms with E-state index >= 15 is 4.39 Å². The number of aromatic nitrogens is 4. The van der Waals surface area contributed by atoms with Gasteiger partial charge in [-0.2, -0.15) is 18.4 Å². The van der Waals surface area contributed by atoms with Gasteiger partial charge < -0.3 is 15.2 Å². The van der Waals surface area contributed by atoms with Crippen LogP contribution in [-0.2, 0) is 39.4 Å². The second-order valence-corrected chi connectivity index (χ2v) is 13.5. The van der Waals surface area contributed by atoms with Crippen LogP contribution < -0.4 is 15.0 Å². The standard InChI is InChI=1S/C37H34F5N6O4S/c1-22-12-26(13-23(2)34(22)51-33(49)10-11-43)17-47-20-45-48(21-47)19-36(52-35(50)37(40,41)42,29-9-8-28(38)15-30(29)39)24(3)14-32-46-31(18-53-32)27-6-4-25(16-44)5-7-27/h4-9,12-13,15,18,20-21,24H,10-11,14,17,19,43H2,1-3H3/q+1. The van der Waals surface area contributed by atoms with Gasteiger partial charge in [-0.15, -0.1) is 16.0 Å². The lowest BCUT2D eigenvalue weighted by Crippen LogP contribution is -2.47. The van der Waals surface area contributed by atoms with E-state index in [4.69, 9.17) is 20.5 Å². The van der Waals surface area contributed by atoms with Crippen LogP contribution in [0.25, 0.3) is 11.3 Å². The molecule has 0 aliphatic heterocycles. The Hall–Kier alpha value is -5.53. The normalized spacial score (nSPS) is 13.2. The molecule has 10 nitrogen and oxygen atoms in total. The monoisotopic (exact) mass is 753 g/mol. The smallest absolute Gasteiger partial charge is 0.444 e. The Morgan fingerprint density at radius 2 is 1.77 bits per heavy atom. The number of nitriles is 1. The third-order valence-electron chi connectivity index (χ3n) is 8.51. The fourth-order valence-electron chi connectivity index (χ4n) is 5.98. The Morgan fingerprint density at radius 3 is 2.40 bits per heavy atom. The number of benzene rings is 3. The van der Waals surface area contributed by atoms with Crippen molar-refractivity contribution in [2.75, 3.05) is 6.54 Å². The molecule has 2 unspecified atom stereocenters. The second kappa shape index (κ2) is 16.0. The lowest BCUT2D eigenvalue weighted by molar-refractivity contribution is -0.689. The summed E-state index contributed by atoms with van der Waals surface area (Å²) in [5.74, 6) is -5.91. The quantitative estimate of drug-likeness (QED) is 0.0646. The third-order valence-corrected chi connectivity index (χ3v) is 9.38. The summed E-state index contributed by atoms with van der Waals surface area (Å²) in [6.45, 7) is 4.81. The Morgan fingerprint density at radius 1 is 1.08 bits per heavy atom. The van der Waals surface area contributed by atoms with Crippen LogP contribution in [0.1, 0.15) is 46.2 Å². The molecule has 2 aromatic heterocycles. The molecule has 0 aliphatic rings. The summed E-state index contributed by atoms with van der Waals surface area (Å²) < 4.78 is 85.0. The van der Waals surface area contributed by atoms with E-state index in [1.54, 1.807) is 60.2 Å². The minimum absolute atomic E-state index is 0.0549. The van der Waals surface area contributed by atoms with Gasteiger partial charge >= 0.3 is 18.1 Å². The predicted molar refractivity (Wildman–Crippen MR) is 182 cm³/mol. The first kappa shape index (κ1) is 38.7. The van der Waals surface area contributed by atoms with Gasteiger partial charge in [0.25, 0.3) is 6.33 Å². The summed E-state index contributed by atoms with van der Waals surface area (Å²) >= 11 is 1.19. The third kappa shape index (κ3) is 9.10. The molecule has 0 saturated carbocycles. The molecule has 2 atom stereocenters. The molecule has 276 valence electrons. The molecule has 0 radical (unpaired) electrons. The number of carbonyl (C=O) groups excluding carboxylic acids is 2. The number of hydrogen-bond acceptors (Lipinski definition) is 9. The molecule has 0 amide bonds. The van der Waals surface area contributed by atoms with E-state index in [-0.39, 0.29) is 25.9 Å². The summed E-state index contributed by atoms with van der Waals surface area (Å²) in [5, 5.41) is 15.6. The van der Waals surface area contributed by atoms with Gasteiger partial charge in [-0.1, -0.05) is 19.1 Å². The molecular formula is C37H34F5N6O4S+. The van der Waals surface area contributed by atoms with Crippen molar-refractivity contribution in [1.29, 1.82) is 5.26 Å². The second-order valence-electron chi connectivity index (χ2n) is 12.5. The van der Waals surface area contributed by atoms with Crippen molar-refractivity contribution in [3.05, 3.63) is 117 Å². The largest absolute Gasteiger partial charge is 0.490 e. The fourth-order valence-corrected chi connectivity index (χ4v) is 6.92. The van der Waals surface area contributed by atoms with E-state index in [1.807, 2.05) is 6.07 Å². The summed E-state index contributed by atoms with van der Waals surface area (Å²) in [7, 11) is 0. The maximum absolute atomic E-state index is 15.7. The van der Waals surface area contributed by atoms with Gasteiger partial charge in [0.2, 0.25) is 6.33 Å². The topological polar surface area (TPSA) is 137 Å². The van der Waals surface area contributed by atoms with Crippen LogP contribution in [0.3, 0.4) is 0 Å². The number of thiazole rings is 1. The van der Waals surface area contributed by atoms with Gasteiger partial charge in [-0.25, -0.2) is 23.1 Å². The highest BCUT2D eigenvalue weighted by Crippen LogP contribution is 2.41. The van der Waals surface area contributed by atoms with E-state index in [9.17, 15) is 27.2 Å². The van der Waals surface area contributed by atoms with E-state index in [2.05, 4.69) is 10.1 Å². The molecule has 2 heterocycles. The highest BCUT2D eigenvalue weighted by Gasteiger charge is 2.52. The van der Waals surface area contributed by atoms with Crippen LogP contribution in [-0.4, -0.2) is 39.4 Å². The van der Waals surface area contributed by atoms with Crippen LogP contribution >= 0.6 is 11.3 Å². The highest BCUT2D eigenvalue weighted by atomic mass is 32.1. The molecular weight excluding hydrogens is 720 g/mol. The van der Waals surface area contributed by atoms with Gasteiger partial charge in [0.15, 0.2) is 5.60 Å². The zero-order chi connectivity index (χ0) is 38.5. The summed E-state index contributed by atoms with van der Waals surface area (Å²) in [5.41, 5.74) is 6.41. The van der Waals surface area contributed by atoms with E-state index in [0.717, 1.165) is 17.7 Å². The van der Waals surface area contributed by atoms with Crippen LogP contribution in [0.15, 0.2) is 72.6 Å². The van der Waals surface area contributed by atoms with Crippen molar-refractivity contribution in [3.63, 3.8) is 0 Å². The Kier molecular flexibility index (Phi) is 11.7. The maximum Gasteiger partial charge on any atom is 0.490 e. The molecule has 2 N–H and O–H groups in total. The number of esters is 2. The number of hydrogen-bond donors (Lipinski definition) is 1. The van der Waals surface area contributed by atoms with Crippen molar-refractivity contribution in [2.45, 2.75) is 58.5 Å². The van der Waals surface area contributed by atoms with E-state index in [1.165, 1.54) is 35.6 Å². The first-order valence-electron chi connectivity index (χ1n) is 16.2. The summed E-state index contributed by atoms with van der Waals surface area (Å²) in [4.78, 5) is 29.3. The Bertz CT molecular complexity index is 2140. The fraction of sp³-hybridized carbons (Fsp3) is 0.297. The number of rotatable bonds is 13. The Labute approximate surface area is 305 Å². The molecule has 5 rings (SSSR count). The molecule has 0 fully saturated rings. The van der Waals surface area contributed by atoms with Gasteiger partial charge in [-0.3, -0.25) is 4.79 Å². The predicted octanol–water partition coefficient (Wildman–Crippen LogP) is 6.24. The zero-order valence-electron chi connectivity index (χ0n) is 28.8. The first-order valence-corrected chi connectivity index (χ1v) is 17.1. The van der Waals surface area contributed by atoms with Crippen molar-refractivity contribution >= 4 is 23.3 Å². The van der Waals surface area contributed by atoms with Gasteiger partial charge in [0.05, 0.1) is 35.3 Å². The van der Waals surface area contributed by atoms with Gasteiger partial charge in [0.1, 0.15) is 23.9 Å². The molecule has 16 heteroatoms. The minimum Gasteiger partial charge on any atom is -0.444 e. The number of carbonyl (C=O) groups is 2. The molecule has 5 aromatic rings. The average Bonchev–Trinajstić information content (AvgIpc) is 3.75. The van der Waals surface area contributed by atoms with Crippen LogP contribution in [0.2, 0.25) is 0 Å². The number of alkyl halides is 3.